The molecule has 0 aliphatic carbocycles. The molecule has 31 heavy (non-hydrogen) atoms. The molecule has 0 saturated heterocycles. The summed E-state index contributed by atoms with van der Waals surface area (Å²) in [6.45, 7) is 1.23. The van der Waals surface area contributed by atoms with Crippen molar-refractivity contribution < 1.29 is 17.9 Å². The third-order valence-electron chi connectivity index (χ3n) is 4.12. The Balaban J connectivity index is 2.09. The number of aromatic amines is 1. The lowest BCUT2D eigenvalue weighted by molar-refractivity contribution is -0.142. The maximum atomic E-state index is 13.4. The Hall–Kier alpha value is -4.14. The molecule has 0 unspecified atom stereocenters. The summed E-state index contributed by atoms with van der Waals surface area (Å²) in [5, 5.41) is 11.7. The van der Waals surface area contributed by atoms with Gasteiger partial charge in [-0.2, -0.15) is 18.4 Å². The number of nitriles is 1. The van der Waals surface area contributed by atoms with Crippen LogP contribution in [0.3, 0.4) is 0 Å². The van der Waals surface area contributed by atoms with Gasteiger partial charge in [0.2, 0.25) is 11.7 Å². The number of rotatable bonds is 5. The summed E-state index contributed by atoms with van der Waals surface area (Å²) in [5.74, 6) is -1.01. The minimum Gasteiger partial charge on any atom is -0.449 e. The average Bonchev–Trinajstić information content (AvgIpc) is 2.70. The van der Waals surface area contributed by atoms with Crippen LogP contribution < -0.4 is 21.2 Å². The molecular formula is C19H15F3N6O3. The van der Waals surface area contributed by atoms with Crippen molar-refractivity contribution in [3.8, 4) is 17.6 Å². The number of halogens is 3. The Bertz CT molecular complexity index is 1290. The largest absolute Gasteiger partial charge is 0.449 e. The van der Waals surface area contributed by atoms with Gasteiger partial charge in [0.25, 0.3) is 11.1 Å². The number of ether oxygens (including phenoxy) is 1. The molecule has 0 atom stereocenters. The van der Waals surface area contributed by atoms with Crippen LogP contribution in [0.4, 0.5) is 19.1 Å². The Morgan fingerprint density at radius 1 is 1.26 bits per heavy atom. The minimum absolute atomic E-state index is 0.0240. The van der Waals surface area contributed by atoms with Crippen LogP contribution in [0.15, 0.2) is 40.3 Å². The Morgan fingerprint density at radius 3 is 2.61 bits per heavy atom. The molecule has 0 amide bonds. The zero-order valence-electron chi connectivity index (χ0n) is 16.2. The first-order valence-corrected chi connectivity index (χ1v) is 8.74. The van der Waals surface area contributed by atoms with Gasteiger partial charge in [0.05, 0.1) is 30.1 Å². The Morgan fingerprint density at radius 2 is 2.00 bits per heavy atom. The summed E-state index contributed by atoms with van der Waals surface area (Å²) in [5.41, 5.74) is -2.53. The topological polar surface area (TPSA) is 126 Å². The minimum atomic E-state index is -4.97. The number of aromatic nitrogens is 4. The second-order valence-electron chi connectivity index (χ2n) is 6.44. The fraction of sp³-hybridized carbons (Fsp3) is 0.211. The molecule has 1 aromatic carbocycles. The van der Waals surface area contributed by atoms with Crippen LogP contribution in [-0.4, -0.2) is 26.6 Å². The molecule has 0 bridgehead atoms. The summed E-state index contributed by atoms with van der Waals surface area (Å²) >= 11 is 0. The van der Waals surface area contributed by atoms with Crippen molar-refractivity contribution in [2.45, 2.75) is 19.6 Å². The molecule has 0 aliphatic heterocycles. The van der Waals surface area contributed by atoms with Crippen molar-refractivity contribution in [1.29, 1.82) is 5.26 Å². The van der Waals surface area contributed by atoms with Gasteiger partial charge in [-0.05, 0) is 30.7 Å². The monoisotopic (exact) mass is 432 g/mol. The van der Waals surface area contributed by atoms with E-state index in [9.17, 15) is 22.8 Å². The normalized spacial score (nSPS) is 11.1. The molecule has 160 valence electrons. The average molecular weight is 432 g/mol. The van der Waals surface area contributed by atoms with Crippen molar-refractivity contribution >= 4 is 5.95 Å². The van der Waals surface area contributed by atoms with E-state index in [4.69, 9.17) is 10.00 Å². The predicted octanol–water partition coefficient (Wildman–Crippen LogP) is 2.41. The lowest BCUT2D eigenvalue weighted by atomic mass is 10.1. The van der Waals surface area contributed by atoms with Crippen molar-refractivity contribution in [3.63, 3.8) is 0 Å². The molecule has 0 spiro atoms. The lowest BCUT2D eigenvalue weighted by Crippen LogP contribution is -2.28. The van der Waals surface area contributed by atoms with Crippen LogP contribution in [0, 0.1) is 18.3 Å². The maximum Gasteiger partial charge on any atom is 0.437 e. The van der Waals surface area contributed by atoms with Gasteiger partial charge in [0, 0.05) is 13.2 Å². The van der Waals surface area contributed by atoms with Crippen LogP contribution in [0.1, 0.15) is 22.4 Å². The van der Waals surface area contributed by atoms with E-state index in [2.05, 4.69) is 20.3 Å². The summed E-state index contributed by atoms with van der Waals surface area (Å²) in [6.07, 6.45) is -3.10. The lowest BCUT2D eigenvalue weighted by Gasteiger charge is -2.15. The smallest absolute Gasteiger partial charge is 0.437 e. The van der Waals surface area contributed by atoms with E-state index in [0.29, 0.717) is 11.9 Å². The quantitative estimate of drug-likeness (QED) is 0.634. The van der Waals surface area contributed by atoms with E-state index >= 15 is 0 Å². The van der Waals surface area contributed by atoms with E-state index in [1.807, 2.05) is 6.07 Å². The molecule has 3 aromatic rings. The summed E-state index contributed by atoms with van der Waals surface area (Å²) in [6, 6.07) is 5.95. The number of nitrogens with zero attached hydrogens (tertiary/aromatic N) is 4. The third kappa shape index (κ3) is 4.72. The van der Waals surface area contributed by atoms with Gasteiger partial charge in [0.15, 0.2) is 5.69 Å². The second kappa shape index (κ2) is 8.31. The molecule has 12 heteroatoms. The highest BCUT2D eigenvalue weighted by molar-refractivity contribution is 5.43. The van der Waals surface area contributed by atoms with Crippen molar-refractivity contribution in [1.82, 2.24) is 19.5 Å². The van der Waals surface area contributed by atoms with E-state index in [1.54, 1.807) is 6.92 Å². The summed E-state index contributed by atoms with van der Waals surface area (Å²) < 4.78 is 46.4. The van der Waals surface area contributed by atoms with E-state index in [1.165, 1.54) is 31.4 Å². The number of benzene rings is 1. The number of aryl methyl sites for hydroxylation is 1. The highest BCUT2D eigenvalue weighted by Crippen LogP contribution is 2.34. The van der Waals surface area contributed by atoms with Gasteiger partial charge < -0.3 is 10.1 Å². The molecule has 2 aromatic heterocycles. The number of hydrogen-bond acceptors (Lipinski definition) is 7. The standard InChI is InChI=1S/C19H15F3N6O3/c1-10-3-11(6-23)5-13(4-10)31-14-15(19(20,21)22)26-9-28(17(14)30)8-12-7-25-18(24-2)27-16(12)29/h3-5,7,9H,8H2,1-2H3,(H2,24,25,27,29). The highest BCUT2D eigenvalue weighted by Gasteiger charge is 2.38. The maximum absolute atomic E-state index is 13.4. The van der Waals surface area contributed by atoms with Gasteiger partial charge in [0.1, 0.15) is 5.75 Å². The van der Waals surface area contributed by atoms with E-state index in [-0.39, 0.29) is 29.4 Å². The molecule has 3 rings (SSSR count). The Labute approximate surface area is 172 Å². The van der Waals surface area contributed by atoms with Crippen molar-refractivity contribution in [2.75, 3.05) is 12.4 Å². The van der Waals surface area contributed by atoms with Gasteiger partial charge in [-0.3, -0.25) is 19.1 Å². The third-order valence-corrected chi connectivity index (χ3v) is 4.12. The first-order chi connectivity index (χ1) is 14.6. The molecule has 0 aliphatic rings. The molecule has 0 saturated carbocycles. The number of nitrogens with one attached hydrogen (secondary N) is 2. The zero-order chi connectivity index (χ0) is 22.8. The predicted molar refractivity (Wildman–Crippen MR) is 103 cm³/mol. The first-order valence-electron chi connectivity index (χ1n) is 8.74. The zero-order valence-corrected chi connectivity index (χ0v) is 16.2. The van der Waals surface area contributed by atoms with E-state index in [0.717, 1.165) is 4.57 Å². The summed E-state index contributed by atoms with van der Waals surface area (Å²) in [4.78, 5) is 34.6. The van der Waals surface area contributed by atoms with Crippen LogP contribution in [0.5, 0.6) is 11.5 Å². The van der Waals surface area contributed by atoms with Crippen molar-refractivity contribution in [3.05, 3.63) is 73.8 Å². The number of anilines is 1. The second-order valence-corrected chi connectivity index (χ2v) is 6.44. The van der Waals surface area contributed by atoms with Crippen LogP contribution >= 0.6 is 0 Å². The van der Waals surface area contributed by atoms with Gasteiger partial charge >= 0.3 is 6.18 Å². The van der Waals surface area contributed by atoms with Crippen LogP contribution in [0.25, 0.3) is 0 Å². The van der Waals surface area contributed by atoms with Crippen molar-refractivity contribution in [2.24, 2.45) is 0 Å². The van der Waals surface area contributed by atoms with Crippen LogP contribution in [-0.2, 0) is 12.7 Å². The van der Waals surface area contributed by atoms with Gasteiger partial charge in [-0.25, -0.2) is 9.97 Å². The molecule has 0 radical (unpaired) electrons. The van der Waals surface area contributed by atoms with Gasteiger partial charge in [-0.15, -0.1) is 0 Å². The highest BCUT2D eigenvalue weighted by atomic mass is 19.4. The molecule has 2 N–H and O–H groups in total. The first kappa shape index (κ1) is 21.6. The SMILES string of the molecule is CNc1ncc(Cn2cnc(C(F)(F)F)c(Oc3cc(C)cc(C#N)c3)c2=O)c(=O)[nH]1. The molecular weight excluding hydrogens is 417 g/mol. The number of alkyl halides is 3. The molecule has 9 nitrogen and oxygen atoms in total. The van der Waals surface area contributed by atoms with E-state index < -0.39 is 28.7 Å². The van der Waals surface area contributed by atoms with Gasteiger partial charge in [-0.1, -0.05) is 0 Å². The molecule has 2 heterocycles. The van der Waals surface area contributed by atoms with Crippen LogP contribution in [0.2, 0.25) is 0 Å². The molecule has 0 fully saturated rings. The summed E-state index contributed by atoms with van der Waals surface area (Å²) in [7, 11) is 1.54. The number of hydrogen-bond donors (Lipinski definition) is 2. The fourth-order valence-electron chi connectivity index (χ4n) is 2.71. The fourth-order valence-corrected chi connectivity index (χ4v) is 2.71. The Kier molecular flexibility index (Phi) is 5.78. The number of H-pyrrole nitrogens is 1.